The summed E-state index contributed by atoms with van der Waals surface area (Å²) in [5.41, 5.74) is 1.18. The van der Waals surface area contributed by atoms with Crippen LogP contribution in [0.25, 0.3) is 16.7 Å². The number of rotatable bonds is 8. The highest BCUT2D eigenvalue weighted by Crippen LogP contribution is 2.27. The number of anilines is 1. The van der Waals surface area contributed by atoms with Crippen molar-refractivity contribution in [2.75, 3.05) is 5.32 Å². The SMILES string of the molecule is C=CCn1c(=O)c2ccccc2n2c(SC(C)C(=O)Nc3ccc(Oc4ccccc4)cc3)nnc12. The normalized spacial score (nSPS) is 11.9. The Morgan fingerprint density at radius 1 is 1.03 bits per heavy atom. The molecule has 1 amide bonds. The number of carbonyl (C=O) groups is 1. The largest absolute Gasteiger partial charge is 0.457 e. The smallest absolute Gasteiger partial charge is 0.263 e. The summed E-state index contributed by atoms with van der Waals surface area (Å²) in [6.45, 7) is 5.85. The topological polar surface area (TPSA) is 90.5 Å². The molecule has 2 aromatic heterocycles. The van der Waals surface area contributed by atoms with E-state index in [2.05, 4.69) is 22.1 Å². The number of ether oxygens (including phenoxy) is 1. The molecule has 0 bridgehead atoms. The molecule has 1 N–H and O–H groups in total. The second kappa shape index (κ2) is 10.1. The van der Waals surface area contributed by atoms with Crippen molar-refractivity contribution in [2.45, 2.75) is 23.9 Å². The van der Waals surface area contributed by atoms with Gasteiger partial charge in [0.15, 0.2) is 5.16 Å². The van der Waals surface area contributed by atoms with E-state index in [1.165, 1.54) is 16.3 Å². The van der Waals surface area contributed by atoms with Crippen LogP contribution in [0.1, 0.15) is 6.92 Å². The lowest BCUT2D eigenvalue weighted by Gasteiger charge is -2.13. The number of para-hydroxylation sites is 2. The fourth-order valence-corrected chi connectivity index (χ4v) is 4.65. The third-order valence-electron chi connectivity index (χ3n) is 5.54. The van der Waals surface area contributed by atoms with Gasteiger partial charge >= 0.3 is 0 Å². The Balaban J connectivity index is 1.35. The van der Waals surface area contributed by atoms with Gasteiger partial charge < -0.3 is 10.1 Å². The summed E-state index contributed by atoms with van der Waals surface area (Å²) in [5, 5.41) is 12.1. The first-order valence-corrected chi connectivity index (χ1v) is 12.2. The Hall–Kier alpha value is -4.37. The Kier molecular flexibility index (Phi) is 6.55. The molecule has 5 aromatic rings. The van der Waals surface area contributed by atoms with Crippen LogP contribution in [0.5, 0.6) is 11.5 Å². The Bertz CT molecular complexity index is 1610. The van der Waals surface area contributed by atoms with Gasteiger partial charge in [0.2, 0.25) is 11.7 Å². The van der Waals surface area contributed by atoms with E-state index in [1.807, 2.05) is 52.9 Å². The van der Waals surface area contributed by atoms with Gasteiger partial charge in [-0.25, -0.2) is 0 Å². The molecule has 0 fully saturated rings. The molecule has 8 nitrogen and oxygen atoms in total. The highest BCUT2D eigenvalue weighted by Gasteiger charge is 2.21. The van der Waals surface area contributed by atoms with Gasteiger partial charge in [0.25, 0.3) is 5.56 Å². The van der Waals surface area contributed by atoms with Crippen molar-refractivity contribution in [1.82, 2.24) is 19.2 Å². The third-order valence-corrected chi connectivity index (χ3v) is 6.58. The standard InChI is InChI=1S/C27H23N5O3S/c1-3-17-31-25(34)22-11-7-8-12-23(22)32-26(31)29-30-27(32)36-18(2)24(33)28-19-13-15-21(16-14-19)35-20-9-5-4-6-10-20/h3-16,18H,1,17H2,2H3,(H,28,33). The summed E-state index contributed by atoms with van der Waals surface area (Å²) in [6, 6.07) is 24.0. The van der Waals surface area contributed by atoms with Gasteiger partial charge in [0.1, 0.15) is 11.5 Å². The van der Waals surface area contributed by atoms with Crippen molar-refractivity contribution in [1.29, 1.82) is 0 Å². The number of fused-ring (bicyclic) bond motifs is 3. The molecule has 0 spiro atoms. The van der Waals surface area contributed by atoms with E-state index in [1.54, 1.807) is 43.3 Å². The van der Waals surface area contributed by atoms with Crippen LogP contribution >= 0.6 is 11.8 Å². The number of nitrogens with zero attached hydrogens (tertiary/aromatic N) is 4. The number of benzene rings is 3. The molecule has 36 heavy (non-hydrogen) atoms. The lowest BCUT2D eigenvalue weighted by atomic mass is 10.2. The lowest BCUT2D eigenvalue weighted by Crippen LogP contribution is -2.24. The van der Waals surface area contributed by atoms with Crippen LogP contribution in [-0.2, 0) is 11.3 Å². The quantitative estimate of drug-likeness (QED) is 0.236. The average molecular weight is 498 g/mol. The molecule has 2 heterocycles. The molecule has 0 aliphatic heterocycles. The Morgan fingerprint density at radius 3 is 2.47 bits per heavy atom. The molecule has 180 valence electrons. The molecule has 3 aromatic carbocycles. The third kappa shape index (κ3) is 4.60. The van der Waals surface area contributed by atoms with Crippen molar-refractivity contribution in [3.05, 3.63) is 102 Å². The Labute approximate surface area is 211 Å². The van der Waals surface area contributed by atoms with Crippen LogP contribution in [0.3, 0.4) is 0 Å². The number of amides is 1. The summed E-state index contributed by atoms with van der Waals surface area (Å²) in [7, 11) is 0. The van der Waals surface area contributed by atoms with Crippen LogP contribution in [0.4, 0.5) is 5.69 Å². The van der Waals surface area contributed by atoms with Gasteiger partial charge in [-0.2, -0.15) is 0 Å². The molecule has 0 aliphatic rings. The van der Waals surface area contributed by atoms with Gasteiger partial charge in [-0.3, -0.25) is 18.6 Å². The zero-order chi connectivity index (χ0) is 25.1. The number of allylic oxidation sites excluding steroid dienone is 1. The maximum Gasteiger partial charge on any atom is 0.263 e. The molecule has 0 radical (unpaired) electrons. The maximum atomic E-state index is 13.0. The Morgan fingerprint density at radius 2 is 1.72 bits per heavy atom. The van der Waals surface area contributed by atoms with Gasteiger partial charge in [-0.05, 0) is 55.5 Å². The maximum absolute atomic E-state index is 13.0. The fourth-order valence-electron chi connectivity index (χ4n) is 3.79. The average Bonchev–Trinajstić information content (AvgIpc) is 3.31. The minimum absolute atomic E-state index is 0.160. The number of aromatic nitrogens is 4. The fraction of sp³-hybridized carbons (Fsp3) is 0.111. The molecule has 9 heteroatoms. The number of thioether (sulfide) groups is 1. The van der Waals surface area contributed by atoms with Gasteiger partial charge in [-0.1, -0.05) is 48.2 Å². The summed E-state index contributed by atoms with van der Waals surface area (Å²) in [6.07, 6.45) is 1.64. The van der Waals surface area contributed by atoms with Gasteiger partial charge in [-0.15, -0.1) is 16.8 Å². The van der Waals surface area contributed by atoms with E-state index in [-0.39, 0.29) is 11.5 Å². The van der Waals surface area contributed by atoms with Crippen LogP contribution in [-0.4, -0.2) is 30.3 Å². The first-order valence-electron chi connectivity index (χ1n) is 11.3. The molecule has 1 atom stereocenters. The van der Waals surface area contributed by atoms with E-state index in [0.29, 0.717) is 39.8 Å². The summed E-state index contributed by atoms with van der Waals surface area (Å²) >= 11 is 1.27. The van der Waals surface area contributed by atoms with Crippen LogP contribution in [0.15, 0.2) is 101 Å². The van der Waals surface area contributed by atoms with E-state index in [9.17, 15) is 9.59 Å². The van der Waals surface area contributed by atoms with Crippen LogP contribution < -0.4 is 15.6 Å². The van der Waals surface area contributed by atoms with Gasteiger partial charge in [0, 0.05) is 12.2 Å². The van der Waals surface area contributed by atoms with Crippen molar-refractivity contribution < 1.29 is 9.53 Å². The first-order chi connectivity index (χ1) is 17.5. The molecular formula is C27H23N5O3S. The monoisotopic (exact) mass is 497 g/mol. The highest BCUT2D eigenvalue weighted by atomic mass is 32.2. The number of hydrogen-bond donors (Lipinski definition) is 1. The summed E-state index contributed by atoms with van der Waals surface area (Å²) < 4.78 is 9.14. The molecule has 0 saturated heterocycles. The minimum atomic E-state index is -0.476. The lowest BCUT2D eigenvalue weighted by molar-refractivity contribution is -0.115. The number of carbonyl (C=O) groups excluding carboxylic acids is 1. The van der Waals surface area contributed by atoms with Crippen molar-refractivity contribution in [3.8, 4) is 11.5 Å². The van der Waals surface area contributed by atoms with Crippen molar-refractivity contribution >= 4 is 40.0 Å². The molecule has 5 rings (SSSR count). The van der Waals surface area contributed by atoms with Gasteiger partial charge in [0.05, 0.1) is 16.2 Å². The van der Waals surface area contributed by atoms with E-state index < -0.39 is 5.25 Å². The predicted octanol–water partition coefficient (Wildman–Crippen LogP) is 5.14. The number of hydrogen-bond acceptors (Lipinski definition) is 6. The zero-order valence-electron chi connectivity index (χ0n) is 19.5. The van der Waals surface area contributed by atoms with E-state index >= 15 is 0 Å². The van der Waals surface area contributed by atoms with Crippen LogP contribution in [0, 0.1) is 0 Å². The van der Waals surface area contributed by atoms with Crippen molar-refractivity contribution in [3.63, 3.8) is 0 Å². The summed E-state index contributed by atoms with van der Waals surface area (Å²) in [5.74, 6) is 1.64. The minimum Gasteiger partial charge on any atom is -0.457 e. The summed E-state index contributed by atoms with van der Waals surface area (Å²) in [4.78, 5) is 25.9. The predicted molar refractivity (Wildman–Crippen MR) is 142 cm³/mol. The number of nitrogens with one attached hydrogen (secondary N) is 1. The second-order valence-corrected chi connectivity index (χ2v) is 9.34. The van der Waals surface area contributed by atoms with E-state index in [4.69, 9.17) is 4.74 Å². The zero-order valence-corrected chi connectivity index (χ0v) is 20.3. The van der Waals surface area contributed by atoms with E-state index in [0.717, 1.165) is 5.75 Å². The van der Waals surface area contributed by atoms with Crippen molar-refractivity contribution in [2.24, 2.45) is 0 Å². The highest BCUT2D eigenvalue weighted by molar-refractivity contribution is 8.00. The molecule has 0 aliphatic carbocycles. The van der Waals surface area contributed by atoms with Crippen LogP contribution in [0.2, 0.25) is 0 Å². The molecule has 1 unspecified atom stereocenters. The molecular weight excluding hydrogens is 474 g/mol. The first kappa shape index (κ1) is 23.4. The molecule has 0 saturated carbocycles. The second-order valence-electron chi connectivity index (χ2n) is 8.03.